The Labute approximate surface area is 224 Å². The Morgan fingerprint density at radius 3 is 2.56 bits per heavy atom. The average Bonchev–Trinajstić information content (AvgIpc) is 2.94. The molecule has 0 aliphatic carbocycles. The fraction of sp³-hybridized carbons (Fsp3) is 0.185. The smallest absolute Gasteiger partial charge is 0.273 e. The van der Waals surface area contributed by atoms with Crippen LogP contribution >= 0.6 is 0 Å². The molecule has 1 saturated heterocycles. The number of rotatable bonds is 8. The van der Waals surface area contributed by atoms with Crippen molar-refractivity contribution in [3.05, 3.63) is 89.0 Å². The zero-order chi connectivity index (χ0) is 27.4. The molecule has 3 heterocycles. The summed E-state index contributed by atoms with van der Waals surface area (Å²) in [6, 6.07) is 15.5. The summed E-state index contributed by atoms with van der Waals surface area (Å²) < 4.78 is 5.69. The maximum absolute atomic E-state index is 12.1. The largest absolute Gasteiger partial charge is 0.437 e. The highest BCUT2D eigenvalue weighted by molar-refractivity contribution is 5.96. The predicted molar refractivity (Wildman–Crippen MR) is 146 cm³/mol. The highest BCUT2D eigenvalue weighted by atomic mass is 16.6. The third-order valence-corrected chi connectivity index (χ3v) is 6.33. The number of primary amides is 1. The van der Waals surface area contributed by atoms with Gasteiger partial charge in [0.25, 0.3) is 11.6 Å². The van der Waals surface area contributed by atoms with Crippen molar-refractivity contribution in [1.82, 2.24) is 19.9 Å². The Morgan fingerprint density at radius 1 is 1.08 bits per heavy atom. The number of nitro groups is 1. The van der Waals surface area contributed by atoms with E-state index in [1.807, 2.05) is 30.3 Å². The van der Waals surface area contributed by atoms with Gasteiger partial charge in [-0.15, -0.1) is 0 Å². The van der Waals surface area contributed by atoms with Gasteiger partial charge in [-0.25, -0.2) is 4.98 Å². The molecular formula is C27H26N8O4. The molecule has 0 saturated carbocycles. The van der Waals surface area contributed by atoms with E-state index in [9.17, 15) is 14.9 Å². The zero-order valence-corrected chi connectivity index (χ0v) is 21.2. The van der Waals surface area contributed by atoms with E-state index in [0.29, 0.717) is 5.69 Å². The standard InChI is InChI=1S/C27H26N8O4/c1-33-11-13-34(14-12-33)23-6-5-19(15-22(23)18-7-9-29-10-8-18)31-27-25(26(28)36)30-17-24(32-27)39-21-4-2-3-20(16-21)35(37)38/h2-10,15-17H,11-14H2,1H3,(H2,28,36)(H,31,32). The second-order valence-electron chi connectivity index (χ2n) is 9.01. The number of benzene rings is 2. The molecule has 2 aromatic heterocycles. The van der Waals surface area contributed by atoms with Gasteiger partial charge < -0.3 is 25.6 Å². The van der Waals surface area contributed by atoms with Crippen LogP contribution in [0.15, 0.2) is 73.2 Å². The third-order valence-electron chi connectivity index (χ3n) is 6.33. The van der Waals surface area contributed by atoms with Crippen molar-refractivity contribution in [1.29, 1.82) is 0 Å². The molecule has 5 rings (SSSR count). The van der Waals surface area contributed by atoms with Gasteiger partial charge in [0, 0.05) is 61.6 Å². The number of likely N-dealkylation sites (N-methyl/N-ethyl adjacent to an activating group) is 1. The SMILES string of the molecule is CN1CCN(c2ccc(Nc3nc(Oc4cccc([N+](=O)[O-])c4)cnc3C(N)=O)cc2-c2ccncc2)CC1. The first-order chi connectivity index (χ1) is 18.9. The molecule has 0 unspecified atom stereocenters. The summed E-state index contributed by atoms with van der Waals surface area (Å²) in [5.41, 5.74) is 9.09. The number of hydrogen-bond acceptors (Lipinski definition) is 10. The second-order valence-corrected chi connectivity index (χ2v) is 9.01. The van der Waals surface area contributed by atoms with Crippen molar-refractivity contribution in [3.8, 4) is 22.8 Å². The molecule has 0 spiro atoms. The maximum atomic E-state index is 12.1. The van der Waals surface area contributed by atoms with Gasteiger partial charge in [0.2, 0.25) is 5.88 Å². The molecule has 0 bridgehead atoms. The molecule has 4 aromatic rings. The van der Waals surface area contributed by atoms with E-state index in [0.717, 1.165) is 43.0 Å². The molecule has 1 aliphatic rings. The minimum absolute atomic E-state index is 0.0337. The first-order valence-corrected chi connectivity index (χ1v) is 12.2. The van der Waals surface area contributed by atoms with E-state index in [-0.39, 0.29) is 28.8 Å². The lowest BCUT2D eigenvalue weighted by molar-refractivity contribution is -0.384. The number of nitrogens with zero attached hydrogens (tertiary/aromatic N) is 6. The number of aromatic nitrogens is 3. The van der Waals surface area contributed by atoms with Crippen LogP contribution in [0.2, 0.25) is 0 Å². The molecule has 2 aromatic carbocycles. The van der Waals surface area contributed by atoms with Gasteiger partial charge in [-0.3, -0.25) is 19.9 Å². The molecule has 39 heavy (non-hydrogen) atoms. The van der Waals surface area contributed by atoms with Crippen molar-refractivity contribution in [3.63, 3.8) is 0 Å². The zero-order valence-electron chi connectivity index (χ0n) is 21.2. The van der Waals surface area contributed by atoms with Gasteiger partial charge in [0.15, 0.2) is 11.5 Å². The van der Waals surface area contributed by atoms with Crippen LogP contribution in [0.1, 0.15) is 10.5 Å². The Hall–Kier alpha value is -5.10. The fourth-order valence-electron chi connectivity index (χ4n) is 4.31. The van der Waals surface area contributed by atoms with Gasteiger partial charge in [0.1, 0.15) is 5.75 Å². The van der Waals surface area contributed by atoms with E-state index in [4.69, 9.17) is 10.5 Å². The van der Waals surface area contributed by atoms with Gasteiger partial charge >= 0.3 is 0 Å². The van der Waals surface area contributed by atoms with Crippen LogP contribution in [0.4, 0.5) is 22.9 Å². The van der Waals surface area contributed by atoms with E-state index in [1.54, 1.807) is 18.5 Å². The normalized spacial score (nSPS) is 13.6. The van der Waals surface area contributed by atoms with Gasteiger partial charge in [-0.2, -0.15) is 4.98 Å². The van der Waals surface area contributed by atoms with E-state index in [1.165, 1.54) is 24.4 Å². The van der Waals surface area contributed by atoms with Crippen LogP contribution in [0, 0.1) is 10.1 Å². The van der Waals surface area contributed by atoms with Crippen molar-refractivity contribution >= 4 is 28.8 Å². The summed E-state index contributed by atoms with van der Waals surface area (Å²) in [4.78, 5) is 40.0. The summed E-state index contributed by atoms with van der Waals surface area (Å²) in [5.74, 6) is -0.437. The highest BCUT2D eigenvalue weighted by Crippen LogP contribution is 2.35. The number of anilines is 3. The van der Waals surface area contributed by atoms with Gasteiger partial charge in [-0.1, -0.05) is 6.07 Å². The van der Waals surface area contributed by atoms with Crippen LogP contribution in [-0.2, 0) is 0 Å². The number of ether oxygens (including phenoxy) is 1. The molecule has 12 heteroatoms. The number of carbonyl (C=O) groups is 1. The fourth-order valence-corrected chi connectivity index (χ4v) is 4.31. The highest BCUT2D eigenvalue weighted by Gasteiger charge is 2.20. The van der Waals surface area contributed by atoms with E-state index in [2.05, 4.69) is 37.1 Å². The lowest BCUT2D eigenvalue weighted by Gasteiger charge is -2.35. The van der Waals surface area contributed by atoms with Gasteiger partial charge in [0.05, 0.1) is 17.2 Å². The molecule has 0 atom stereocenters. The number of nitro benzene ring substituents is 1. The molecular weight excluding hydrogens is 500 g/mol. The van der Waals surface area contributed by atoms with Crippen molar-refractivity contribution in [2.45, 2.75) is 0 Å². The van der Waals surface area contributed by atoms with Crippen molar-refractivity contribution in [2.24, 2.45) is 5.73 Å². The lowest BCUT2D eigenvalue weighted by Crippen LogP contribution is -2.44. The first-order valence-electron chi connectivity index (χ1n) is 12.2. The summed E-state index contributed by atoms with van der Waals surface area (Å²) >= 11 is 0. The van der Waals surface area contributed by atoms with Crippen molar-refractivity contribution in [2.75, 3.05) is 43.4 Å². The Bertz CT molecular complexity index is 1510. The number of amides is 1. The second kappa shape index (κ2) is 11.1. The molecule has 198 valence electrons. The predicted octanol–water partition coefficient (Wildman–Crippen LogP) is 3.83. The molecule has 1 aliphatic heterocycles. The monoisotopic (exact) mass is 526 g/mol. The molecule has 0 radical (unpaired) electrons. The number of hydrogen-bond donors (Lipinski definition) is 2. The van der Waals surface area contributed by atoms with Crippen LogP contribution in [-0.4, -0.2) is 63.9 Å². The molecule has 3 N–H and O–H groups in total. The quantitative estimate of drug-likeness (QED) is 0.256. The van der Waals surface area contributed by atoms with Crippen LogP contribution in [0.5, 0.6) is 11.6 Å². The first kappa shape index (κ1) is 25.5. The Balaban J connectivity index is 1.48. The minimum atomic E-state index is -0.768. The Morgan fingerprint density at radius 2 is 1.85 bits per heavy atom. The van der Waals surface area contributed by atoms with Crippen LogP contribution in [0.3, 0.4) is 0 Å². The third kappa shape index (κ3) is 5.91. The topological polar surface area (TPSA) is 153 Å². The van der Waals surface area contributed by atoms with Crippen LogP contribution in [0.25, 0.3) is 11.1 Å². The molecule has 12 nitrogen and oxygen atoms in total. The maximum Gasteiger partial charge on any atom is 0.273 e. The number of piperazine rings is 1. The number of non-ortho nitro benzene ring substituents is 1. The van der Waals surface area contributed by atoms with Crippen LogP contribution < -0.4 is 20.7 Å². The van der Waals surface area contributed by atoms with E-state index >= 15 is 0 Å². The van der Waals surface area contributed by atoms with Gasteiger partial charge in [-0.05, 0) is 49.0 Å². The average molecular weight is 527 g/mol. The number of nitrogens with one attached hydrogen (secondary N) is 1. The number of nitrogens with two attached hydrogens (primary N) is 1. The summed E-state index contributed by atoms with van der Waals surface area (Å²) in [6.07, 6.45) is 4.73. The Kier molecular flexibility index (Phi) is 7.28. The summed E-state index contributed by atoms with van der Waals surface area (Å²) in [7, 11) is 2.11. The number of pyridine rings is 1. The molecule has 1 amide bonds. The van der Waals surface area contributed by atoms with Crippen molar-refractivity contribution < 1.29 is 14.5 Å². The lowest BCUT2D eigenvalue weighted by atomic mass is 10.0. The summed E-state index contributed by atoms with van der Waals surface area (Å²) in [5, 5.41) is 14.3. The van der Waals surface area contributed by atoms with E-state index < -0.39 is 10.8 Å². The minimum Gasteiger partial charge on any atom is -0.437 e. The summed E-state index contributed by atoms with van der Waals surface area (Å²) in [6.45, 7) is 3.72. The number of carbonyl (C=O) groups excluding carboxylic acids is 1. The molecule has 1 fully saturated rings.